The molecule has 7 nitrogen and oxygen atoms in total. The molecule has 1 fully saturated rings. The van der Waals surface area contributed by atoms with E-state index in [2.05, 4.69) is 10.2 Å². The van der Waals surface area contributed by atoms with Gasteiger partial charge in [-0.1, -0.05) is 35.1 Å². The molecule has 1 aliphatic rings. The summed E-state index contributed by atoms with van der Waals surface area (Å²) in [6.45, 7) is 1.71. The number of aliphatic hydroxyl groups is 1. The Kier molecular flexibility index (Phi) is 5.47. The van der Waals surface area contributed by atoms with Crippen molar-refractivity contribution in [2.24, 2.45) is 0 Å². The van der Waals surface area contributed by atoms with Crippen LogP contribution in [0.25, 0.3) is 5.76 Å². The lowest BCUT2D eigenvalue weighted by Crippen LogP contribution is -2.29. The van der Waals surface area contributed by atoms with Crippen molar-refractivity contribution in [3.05, 3.63) is 75.0 Å². The number of methoxy groups -OCH3 is 1. The molecule has 1 amide bonds. The molecular weight excluding hydrogens is 445 g/mol. The van der Waals surface area contributed by atoms with Gasteiger partial charge in [-0.25, -0.2) is 4.39 Å². The normalized spacial score (nSPS) is 17.9. The molecule has 158 valence electrons. The minimum absolute atomic E-state index is 0.0482. The third kappa shape index (κ3) is 3.66. The van der Waals surface area contributed by atoms with Crippen molar-refractivity contribution in [2.45, 2.75) is 13.0 Å². The molecule has 0 bridgehead atoms. The number of aryl methyl sites for hydroxylation is 1. The number of benzene rings is 2. The molecule has 4 rings (SSSR count). The van der Waals surface area contributed by atoms with E-state index in [0.29, 0.717) is 15.6 Å². The number of rotatable bonds is 4. The summed E-state index contributed by atoms with van der Waals surface area (Å²) in [5.74, 6) is -2.87. The number of hydrogen-bond donors (Lipinski definition) is 1. The smallest absolute Gasteiger partial charge is 0.301 e. The van der Waals surface area contributed by atoms with Crippen molar-refractivity contribution in [2.75, 3.05) is 12.0 Å². The van der Waals surface area contributed by atoms with Gasteiger partial charge in [-0.2, -0.15) is 0 Å². The highest BCUT2D eigenvalue weighted by atomic mass is 35.5. The van der Waals surface area contributed by atoms with Crippen LogP contribution in [0.1, 0.15) is 22.2 Å². The van der Waals surface area contributed by atoms with Gasteiger partial charge in [-0.15, -0.1) is 10.2 Å². The molecule has 1 aliphatic heterocycles. The molecule has 1 N–H and O–H groups in total. The Balaban J connectivity index is 1.98. The standard InChI is InChI=1S/C21H15ClFN3O4S/c1-10-24-25-21(31-10)26-17(11-3-5-12(22)6-4-11)16(19(28)20(26)29)18(27)14-9-13(23)7-8-15(14)30-2/h3-9,17,27H,1-2H3/t17-/m1/s1. The first-order valence-electron chi connectivity index (χ1n) is 9.02. The molecule has 2 heterocycles. The molecule has 1 atom stereocenters. The lowest BCUT2D eigenvalue weighted by molar-refractivity contribution is -0.132. The number of halogens is 2. The molecule has 0 saturated carbocycles. The largest absolute Gasteiger partial charge is 0.507 e. The van der Waals surface area contributed by atoms with Gasteiger partial charge in [0.05, 0.1) is 24.3 Å². The van der Waals surface area contributed by atoms with Gasteiger partial charge in [0.2, 0.25) is 5.13 Å². The Morgan fingerprint density at radius 2 is 1.90 bits per heavy atom. The third-order valence-corrected chi connectivity index (χ3v) is 5.86. The number of ether oxygens (including phenoxy) is 1. The summed E-state index contributed by atoms with van der Waals surface area (Å²) in [7, 11) is 1.35. The summed E-state index contributed by atoms with van der Waals surface area (Å²) in [5, 5.41) is 20.2. The second-order valence-corrected chi connectivity index (χ2v) is 8.27. The number of carbonyl (C=O) groups excluding carboxylic acids is 2. The van der Waals surface area contributed by atoms with Crippen molar-refractivity contribution >= 4 is 45.5 Å². The highest BCUT2D eigenvalue weighted by Gasteiger charge is 2.48. The van der Waals surface area contributed by atoms with Crippen LogP contribution in [-0.2, 0) is 9.59 Å². The monoisotopic (exact) mass is 459 g/mol. The number of Topliss-reactive ketones (excluding diaryl/α,β-unsaturated/α-hetero) is 1. The van der Waals surface area contributed by atoms with Gasteiger partial charge in [0.15, 0.2) is 0 Å². The van der Waals surface area contributed by atoms with Crippen LogP contribution in [0.3, 0.4) is 0 Å². The van der Waals surface area contributed by atoms with Crippen molar-refractivity contribution in [1.29, 1.82) is 0 Å². The summed E-state index contributed by atoms with van der Waals surface area (Å²) in [6.07, 6.45) is 0. The number of amides is 1. The van der Waals surface area contributed by atoms with Crippen LogP contribution in [0, 0.1) is 12.7 Å². The Bertz CT molecular complexity index is 1230. The molecule has 3 aromatic rings. The highest BCUT2D eigenvalue weighted by Crippen LogP contribution is 2.44. The maximum Gasteiger partial charge on any atom is 0.301 e. The van der Waals surface area contributed by atoms with Crippen LogP contribution in [0.5, 0.6) is 5.75 Å². The van der Waals surface area contributed by atoms with E-state index in [4.69, 9.17) is 16.3 Å². The molecule has 0 unspecified atom stereocenters. The lowest BCUT2D eigenvalue weighted by Gasteiger charge is -2.22. The predicted molar refractivity (Wildman–Crippen MR) is 114 cm³/mol. The first-order valence-corrected chi connectivity index (χ1v) is 10.2. The van der Waals surface area contributed by atoms with Gasteiger partial charge in [-0.05, 0) is 42.8 Å². The number of nitrogens with zero attached hydrogens (tertiary/aromatic N) is 3. The van der Waals surface area contributed by atoms with Crippen molar-refractivity contribution in [3.63, 3.8) is 0 Å². The van der Waals surface area contributed by atoms with Gasteiger partial charge >= 0.3 is 5.91 Å². The van der Waals surface area contributed by atoms with E-state index in [-0.39, 0.29) is 22.0 Å². The van der Waals surface area contributed by atoms with Gasteiger partial charge in [-0.3, -0.25) is 14.5 Å². The Hall–Kier alpha value is -3.30. The van der Waals surface area contributed by atoms with Gasteiger partial charge in [0.25, 0.3) is 5.78 Å². The van der Waals surface area contributed by atoms with Crippen LogP contribution < -0.4 is 9.64 Å². The average Bonchev–Trinajstić information content (AvgIpc) is 3.29. The molecule has 0 radical (unpaired) electrons. The van der Waals surface area contributed by atoms with E-state index in [1.54, 1.807) is 31.2 Å². The molecule has 1 saturated heterocycles. The van der Waals surface area contributed by atoms with E-state index in [9.17, 15) is 19.1 Å². The first kappa shape index (κ1) is 21.0. The molecule has 0 spiro atoms. The van der Waals surface area contributed by atoms with E-state index in [0.717, 1.165) is 23.5 Å². The van der Waals surface area contributed by atoms with Gasteiger partial charge < -0.3 is 9.84 Å². The van der Waals surface area contributed by atoms with Crippen LogP contribution in [-0.4, -0.2) is 34.1 Å². The summed E-state index contributed by atoms with van der Waals surface area (Å²) in [6, 6.07) is 8.98. The summed E-state index contributed by atoms with van der Waals surface area (Å²) in [4.78, 5) is 27.2. The van der Waals surface area contributed by atoms with Crippen molar-refractivity contribution < 1.29 is 23.8 Å². The van der Waals surface area contributed by atoms with Crippen LogP contribution >= 0.6 is 22.9 Å². The first-order chi connectivity index (χ1) is 14.8. The average molecular weight is 460 g/mol. The zero-order chi connectivity index (χ0) is 22.3. The summed E-state index contributed by atoms with van der Waals surface area (Å²) in [5.41, 5.74) is 0.241. The molecular formula is C21H15ClFN3O4S. The molecule has 0 aliphatic carbocycles. The minimum atomic E-state index is -1.02. The maximum atomic E-state index is 13.9. The lowest BCUT2D eigenvalue weighted by atomic mass is 9.95. The number of ketones is 1. The zero-order valence-corrected chi connectivity index (χ0v) is 17.9. The Morgan fingerprint density at radius 3 is 2.52 bits per heavy atom. The number of aromatic nitrogens is 2. The van der Waals surface area contributed by atoms with E-state index >= 15 is 0 Å². The predicted octanol–water partition coefficient (Wildman–Crippen LogP) is 4.27. The highest BCUT2D eigenvalue weighted by molar-refractivity contribution is 7.15. The summed E-state index contributed by atoms with van der Waals surface area (Å²) < 4.78 is 19.1. The fraction of sp³-hybridized carbons (Fsp3) is 0.143. The number of hydrogen-bond acceptors (Lipinski definition) is 7. The number of anilines is 1. The van der Waals surface area contributed by atoms with E-state index in [1.807, 2.05) is 0 Å². The zero-order valence-electron chi connectivity index (χ0n) is 16.3. The second-order valence-electron chi connectivity index (χ2n) is 6.67. The van der Waals surface area contributed by atoms with Crippen LogP contribution in [0.4, 0.5) is 9.52 Å². The fourth-order valence-electron chi connectivity index (χ4n) is 3.38. The van der Waals surface area contributed by atoms with Crippen molar-refractivity contribution in [1.82, 2.24) is 10.2 Å². The topological polar surface area (TPSA) is 92.6 Å². The van der Waals surface area contributed by atoms with E-state index < -0.39 is 29.3 Å². The summed E-state index contributed by atoms with van der Waals surface area (Å²) >= 11 is 7.12. The number of carbonyl (C=O) groups is 2. The Labute approximate surface area is 185 Å². The second kappa shape index (κ2) is 8.09. The Morgan fingerprint density at radius 1 is 1.19 bits per heavy atom. The van der Waals surface area contributed by atoms with Gasteiger partial charge in [0, 0.05) is 5.02 Å². The molecule has 31 heavy (non-hydrogen) atoms. The quantitative estimate of drug-likeness (QED) is 0.356. The molecule has 1 aromatic heterocycles. The third-order valence-electron chi connectivity index (χ3n) is 4.77. The molecule has 10 heteroatoms. The fourth-order valence-corrected chi connectivity index (χ4v) is 4.22. The number of aliphatic hydroxyl groups excluding tert-OH is 1. The SMILES string of the molecule is COc1ccc(F)cc1C(O)=C1C(=O)C(=O)N(c2nnc(C)s2)[C@@H]1c1ccc(Cl)cc1. The van der Waals surface area contributed by atoms with Crippen molar-refractivity contribution in [3.8, 4) is 5.75 Å². The van der Waals surface area contributed by atoms with E-state index in [1.165, 1.54) is 18.1 Å². The van der Waals surface area contributed by atoms with Crippen LogP contribution in [0.15, 0.2) is 48.0 Å². The maximum absolute atomic E-state index is 13.9. The molecule has 2 aromatic carbocycles. The van der Waals surface area contributed by atoms with Gasteiger partial charge in [0.1, 0.15) is 22.3 Å². The minimum Gasteiger partial charge on any atom is -0.507 e. The van der Waals surface area contributed by atoms with Crippen LogP contribution in [0.2, 0.25) is 5.02 Å².